The van der Waals surface area contributed by atoms with Crippen LogP contribution in [0.2, 0.25) is 0 Å². The summed E-state index contributed by atoms with van der Waals surface area (Å²) in [5, 5.41) is 0.566. The summed E-state index contributed by atoms with van der Waals surface area (Å²) in [6, 6.07) is 5.21. The number of hydrogen-bond donors (Lipinski definition) is 0. The molecule has 4 rings (SSSR count). The number of alkyl halides is 2. The van der Waals surface area contributed by atoms with E-state index in [-0.39, 0.29) is 17.4 Å². The summed E-state index contributed by atoms with van der Waals surface area (Å²) < 4.78 is 34.3. The van der Waals surface area contributed by atoms with Gasteiger partial charge in [-0.3, -0.25) is 9.48 Å². The van der Waals surface area contributed by atoms with Crippen LogP contribution in [0.1, 0.15) is 25.2 Å². The molecule has 0 amide bonds. The van der Waals surface area contributed by atoms with Crippen LogP contribution in [0.5, 0.6) is 0 Å². The van der Waals surface area contributed by atoms with Gasteiger partial charge in [0.15, 0.2) is 0 Å². The van der Waals surface area contributed by atoms with Gasteiger partial charge in [-0.1, -0.05) is 24.8 Å². The Morgan fingerprint density at radius 3 is 2.68 bits per heavy atom. The average molecular weight is 424 g/mol. The third-order valence-corrected chi connectivity index (χ3v) is 5.41. The van der Waals surface area contributed by atoms with Gasteiger partial charge >= 0.3 is 6.61 Å². The Balaban J connectivity index is 1.87. The zero-order valence-corrected chi connectivity index (χ0v) is 17.3. The highest BCUT2D eigenvalue weighted by Crippen LogP contribution is 2.36. The second-order valence-corrected chi connectivity index (χ2v) is 7.22. The maximum absolute atomic E-state index is 13.0. The standard InChI is InChI=1S/C23H22F2N4O2/c1-4-6-17(21(5-2)31-23(24)25)19-9-10-28-22(30)18-8-7-15(11-20(18)29(19)28)16-12-26-14(3)27-13-16/h4-8,11-13,19,23H,1,9-10H2,2-3H3/b17-6-,21-5+. The highest BCUT2D eigenvalue weighted by molar-refractivity contribution is 5.84. The summed E-state index contributed by atoms with van der Waals surface area (Å²) in [6.07, 6.45) is 8.74. The molecule has 1 aliphatic rings. The van der Waals surface area contributed by atoms with Crippen LogP contribution in [0, 0.1) is 6.92 Å². The fourth-order valence-electron chi connectivity index (χ4n) is 4.07. The predicted molar refractivity (Wildman–Crippen MR) is 115 cm³/mol. The van der Waals surface area contributed by atoms with E-state index in [9.17, 15) is 13.6 Å². The monoisotopic (exact) mass is 424 g/mol. The first-order valence-electron chi connectivity index (χ1n) is 9.92. The molecular formula is C23H22F2N4O2. The van der Waals surface area contributed by atoms with Crippen molar-refractivity contribution in [2.45, 2.75) is 39.5 Å². The molecule has 0 saturated carbocycles. The van der Waals surface area contributed by atoms with Crippen molar-refractivity contribution in [3.63, 3.8) is 0 Å². The van der Waals surface area contributed by atoms with Gasteiger partial charge in [0.1, 0.15) is 11.6 Å². The Kier molecular flexibility index (Phi) is 5.54. The van der Waals surface area contributed by atoms with Gasteiger partial charge in [0, 0.05) is 30.1 Å². The van der Waals surface area contributed by atoms with Crippen LogP contribution in [0.15, 0.2) is 71.5 Å². The molecule has 0 bridgehead atoms. The van der Waals surface area contributed by atoms with Crippen molar-refractivity contribution in [2.24, 2.45) is 0 Å². The lowest BCUT2D eigenvalue weighted by atomic mass is 10.0. The number of hydrogen-bond acceptors (Lipinski definition) is 4. The molecule has 0 spiro atoms. The van der Waals surface area contributed by atoms with Gasteiger partial charge in [0.05, 0.1) is 16.9 Å². The lowest BCUT2D eigenvalue weighted by Crippen LogP contribution is -2.18. The van der Waals surface area contributed by atoms with Crippen LogP contribution >= 0.6 is 0 Å². The quantitative estimate of drug-likeness (QED) is 0.423. The number of halogens is 2. The largest absolute Gasteiger partial charge is 0.435 e. The number of aryl methyl sites for hydroxylation is 1. The second kappa shape index (κ2) is 8.29. The van der Waals surface area contributed by atoms with Crippen molar-refractivity contribution in [1.82, 2.24) is 19.3 Å². The van der Waals surface area contributed by atoms with Crippen molar-refractivity contribution in [1.29, 1.82) is 0 Å². The van der Waals surface area contributed by atoms with Crippen molar-refractivity contribution in [3.05, 3.63) is 82.9 Å². The van der Waals surface area contributed by atoms with Gasteiger partial charge in [0.2, 0.25) is 0 Å². The number of ether oxygens (including phenoxy) is 1. The molecule has 1 aromatic carbocycles. The molecule has 3 heterocycles. The number of fused-ring (bicyclic) bond motifs is 3. The highest BCUT2D eigenvalue weighted by Gasteiger charge is 2.31. The number of nitrogens with zero attached hydrogens (tertiary/aromatic N) is 4. The molecule has 0 aliphatic carbocycles. The molecule has 1 unspecified atom stereocenters. The van der Waals surface area contributed by atoms with Crippen molar-refractivity contribution >= 4 is 10.9 Å². The third-order valence-electron chi connectivity index (χ3n) is 5.41. The van der Waals surface area contributed by atoms with Crippen LogP contribution in [0.25, 0.3) is 22.0 Å². The lowest BCUT2D eigenvalue weighted by molar-refractivity contribution is -0.0942. The van der Waals surface area contributed by atoms with Crippen LogP contribution in [-0.2, 0) is 11.3 Å². The van der Waals surface area contributed by atoms with Gasteiger partial charge in [-0.15, -0.1) is 0 Å². The van der Waals surface area contributed by atoms with Crippen LogP contribution < -0.4 is 5.56 Å². The third kappa shape index (κ3) is 3.69. The molecule has 31 heavy (non-hydrogen) atoms. The number of rotatable bonds is 6. The molecule has 2 aromatic heterocycles. The zero-order valence-electron chi connectivity index (χ0n) is 17.3. The summed E-state index contributed by atoms with van der Waals surface area (Å²) in [6.45, 7) is 4.69. The van der Waals surface area contributed by atoms with Crippen molar-refractivity contribution in [2.75, 3.05) is 0 Å². The first-order chi connectivity index (χ1) is 14.9. The van der Waals surface area contributed by atoms with E-state index in [4.69, 9.17) is 4.74 Å². The molecule has 0 saturated heterocycles. The SMILES string of the molecule is C=C/C=C(\C(=C/C)OC(F)F)C1CCn2c(=O)c3ccc(-c4cnc(C)nc4)cc3n21. The minimum atomic E-state index is -2.95. The summed E-state index contributed by atoms with van der Waals surface area (Å²) in [5.74, 6) is 0.744. The Bertz CT molecular complexity index is 1250. The molecule has 160 valence electrons. The van der Waals surface area contributed by atoms with E-state index < -0.39 is 6.61 Å². The zero-order chi connectivity index (χ0) is 22.1. The van der Waals surface area contributed by atoms with Gasteiger partial charge in [-0.25, -0.2) is 14.6 Å². The highest BCUT2D eigenvalue weighted by atomic mass is 19.3. The summed E-state index contributed by atoms with van der Waals surface area (Å²) >= 11 is 0. The summed E-state index contributed by atoms with van der Waals surface area (Å²) in [7, 11) is 0. The molecule has 0 N–H and O–H groups in total. The van der Waals surface area contributed by atoms with E-state index in [1.54, 1.807) is 36.1 Å². The smallest absolute Gasteiger partial charge is 0.387 e. The van der Waals surface area contributed by atoms with E-state index >= 15 is 0 Å². The molecule has 6 nitrogen and oxygen atoms in total. The number of benzene rings is 1. The van der Waals surface area contributed by atoms with Crippen molar-refractivity contribution < 1.29 is 13.5 Å². The predicted octanol–water partition coefficient (Wildman–Crippen LogP) is 4.77. The molecule has 0 radical (unpaired) electrons. The number of allylic oxidation sites excluding steroid dienone is 4. The normalized spacial score (nSPS) is 16.7. The molecular weight excluding hydrogens is 402 g/mol. The van der Waals surface area contributed by atoms with E-state index in [0.717, 1.165) is 11.1 Å². The molecule has 1 atom stereocenters. The van der Waals surface area contributed by atoms with Crippen LogP contribution in [0.3, 0.4) is 0 Å². The fraction of sp³-hybridized carbons (Fsp3) is 0.261. The maximum atomic E-state index is 13.0. The van der Waals surface area contributed by atoms with E-state index in [1.165, 1.54) is 12.2 Å². The molecule has 0 fully saturated rings. The second-order valence-electron chi connectivity index (χ2n) is 7.22. The van der Waals surface area contributed by atoms with E-state index in [2.05, 4.69) is 16.5 Å². The average Bonchev–Trinajstić information content (AvgIpc) is 3.30. The molecule has 8 heteroatoms. The van der Waals surface area contributed by atoms with E-state index in [1.807, 2.05) is 23.7 Å². The minimum absolute atomic E-state index is 0.0748. The minimum Gasteiger partial charge on any atom is -0.435 e. The first kappa shape index (κ1) is 20.7. The van der Waals surface area contributed by atoms with Gasteiger partial charge in [-0.05, 0) is 44.0 Å². The van der Waals surface area contributed by atoms with Gasteiger partial charge in [0.25, 0.3) is 5.56 Å². The summed E-state index contributed by atoms with van der Waals surface area (Å²) in [5.41, 5.74) is 2.84. The first-order valence-corrected chi connectivity index (χ1v) is 9.92. The Morgan fingerprint density at radius 1 is 1.29 bits per heavy atom. The number of aromatic nitrogens is 4. The maximum Gasteiger partial charge on any atom is 0.387 e. The topological polar surface area (TPSA) is 61.9 Å². The lowest BCUT2D eigenvalue weighted by Gasteiger charge is -2.21. The summed E-state index contributed by atoms with van der Waals surface area (Å²) in [4.78, 5) is 21.5. The van der Waals surface area contributed by atoms with Crippen LogP contribution in [-0.4, -0.2) is 25.9 Å². The van der Waals surface area contributed by atoms with Gasteiger partial charge in [-0.2, -0.15) is 8.78 Å². The molecule has 1 aliphatic heterocycles. The molecule has 3 aromatic rings. The van der Waals surface area contributed by atoms with Crippen LogP contribution in [0.4, 0.5) is 8.78 Å². The van der Waals surface area contributed by atoms with Crippen molar-refractivity contribution in [3.8, 4) is 11.1 Å². The fourth-order valence-corrected chi connectivity index (χ4v) is 4.07. The Morgan fingerprint density at radius 2 is 2.03 bits per heavy atom. The van der Waals surface area contributed by atoms with Gasteiger partial charge < -0.3 is 4.74 Å². The van der Waals surface area contributed by atoms with E-state index in [0.29, 0.717) is 35.3 Å². The Hall–Kier alpha value is -3.55. The Labute approximate surface area is 177 Å².